The van der Waals surface area contributed by atoms with Gasteiger partial charge in [-0.25, -0.2) is 5.43 Å². The molecule has 1 aromatic carbocycles. The van der Waals surface area contributed by atoms with Gasteiger partial charge in [0.1, 0.15) is 11.6 Å². The number of benzene rings is 1. The first-order valence-corrected chi connectivity index (χ1v) is 4.25. The van der Waals surface area contributed by atoms with Gasteiger partial charge in [0.2, 0.25) is 0 Å². The fraction of sp³-hybridized carbons (Fsp3) is 0.0909. The molecule has 0 aliphatic heterocycles. The van der Waals surface area contributed by atoms with Crippen LogP contribution in [0.2, 0.25) is 0 Å². The Hall–Kier alpha value is -1.76. The minimum Gasteiger partial charge on any atom is -0.464 e. The van der Waals surface area contributed by atoms with E-state index in [2.05, 4.69) is 11.3 Å². The summed E-state index contributed by atoms with van der Waals surface area (Å²) in [7, 11) is 0. The van der Waals surface area contributed by atoms with Crippen LogP contribution in [0.1, 0.15) is 11.6 Å². The van der Waals surface area contributed by atoms with E-state index >= 15 is 0 Å². The summed E-state index contributed by atoms with van der Waals surface area (Å²) >= 11 is 0. The summed E-state index contributed by atoms with van der Waals surface area (Å²) in [6, 6.07) is 7.39. The van der Waals surface area contributed by atoms with Gasteiger partial charge in [-0.1, -0.05) is 24.1 Å². The molecule has 2 rings (SSSR count). The van der Waals surface area contributed by atoms with Crippen LogP contribution in [0.25, 0.3) is 11.0 Å². The summed E-state index contributed by atoms with van der Waals surface area (Å²) in [6.07, 6.45) is 6.97. The van der Waals surface area contributed by atoms with Crippen LogP contribution in [0.4, 0.5) is 0 Å². The van der Waals surface area contributed by atoms with E-state index in [0.29, 0.717) is 0 Å². The second-order valence-corrected chi connectivity index (χ2v) is 2.95. The van der Waals surface area contributed by atoms with Crippen LogP contribution in [-0.4, -0.2) is 0 Å². The van der Waals surface area contributed by atoms with Gasteiger partial charge in [-0.05, 0) is 6.07 Å². The molecule has 1 atom stereocenters. The van der Waals surface area contributed by atoms with E-state index in [4.69, 9.17) is 16.7 Å². The zero-order valence-corrected chi connectivity index (χ0v) is 7.53. The lowest BCUT2D eigenvalue weighted by Crippen LogP contribution is -2.26. The highest BCUT2D eigenvalue weighted by Gasteiger charge is 2.12. The second kappa shape index (κ2) is 3.54. The number of hydrogen-bond donors (Lipinski definition) is 2. The van der Waals surface area contributed by atoms with Crippen LogP contribution in [0.5, 0.6) is 0 Å². The molecule has 0 amide bonds. The Bertz CT molecular complexity index is 481. The number of hydrogen-bond acceptors (Lipinski definition) is 3. The molecule has 1 unspecified atom stereocenters. The van der Waals surface area contributed by atoms with Gasteiger partial charge in [0.05, 0.1) is 6.26 Å². The maximum Gasteiger partial charge on any atom is 0.134 e. The molecule has 0 aliphatic rings. The largest absolute Gasteiger partial charge is 0.464 e. The van der Waals surface area contributed by atoms with Crippen molar-refractivity contribution in [2.75, 3.05) is 0 Å². The van der Waals surface area contributed by atoms with Gasteiger partial charge < -0.3 is 4.42 Å². The van der Waals surface area contributed by atoms with E-state index in [1.807, 2.05) is 24.3 Å². The predicted molar refractivity (Wildman–Crippen MR) is 55.1 cm³/mol. The normalized spacial score (nSPS) is 12.6. The van der Waals surface area contributed by atoms with Gasteiger partial charge in [0.15, 0.2) is 0 Å². The third kappa shape index (κ3) is 1.27. The third-order valence-electron chi connectivity index (χ3n) is 2.16. The van der Waals surface area contributed by atoms with E-state index in [1.54, 1.807) is 6.26 Å². The fourth-order valence-corrected chi connectivity index (χ4v) is 1.45. The lowest BCUT2D eigenvalue weighted by Gasteiger charge is -2.05. The molecule has 0 bridgehead atoms. The molecule has 0 spiro atoms. The van der Waals surface area contributed by atoms with Crippen molar-refractivity contribution in [1.82, 2.24) is 5.43 Å². The quantitative estimate of drug-likeness (QED) is 0.425. The van der Waals surface area contributed by atoms with Crippen LogP contribution in [0.15, 0.2) is 34.9 Å². The second-order valence-electron chi connectivity index (χ2n) is 2.95. The number of nitrogens with one attached hydrogen (secondary N) is 1. The van der Waals surface area contributed by atoms with Crippen molar-refractivity contribution < 1.29 is 4.42 Å². The van der Waals surface area contributed by atoms with Gasteiger partial charge >= 0.3 is 0 Å². The molecule has 14 heavy (non-hydrogen) atoms. The van der Waals surface area contributed by atoms with Crippen LogP contribution >= 0.6 is 0 Å². The highest BCUT2D eigenvalue weighted by atomic mass is 16.3. The van der Waals surface area contributed by atoms with Gasteiger partial charge in [-0.2, -0.15) is 0 Å². The summed E-state index contributed by atoms with van der Waals surface area (Å²) in [6.45, 7) is 0. The molecule has 0 aliphatic carbocycles. The van der Waals surface area contributed by atoms with E-state index in [1.165, 1.54) is 0 Å². The van der Waals surface area contributed by atoms with Crippen molar-refractivity contribution in [3.63, 3.8) is 0 Å². The monoisotopic (exact) mass is 186 g/mol. The third-order valence-corrected chi connectivity index (χ3v) is 2.16. The van der Waals surface area contributed by atoms with Crippen LogP contribution in [0.3, 0.4) is 0 Å². The first-order chi connectivity index (χ1) is 6.86. The average Bonchev–Trinajstić information content (AvgIpc) is 2.65. The number of fused-ring (bicyclic) bond motifs is 1. The molecule has 3 nitrogen and oxygen atoms in total. The van der Waals surface area contributed by atoms with E-state index in [0.717, 1.165) is 16.5 Å². The Morgan fingerprint density at radius 1 is 1.43 bits per heavy atom. The predicted octanol–water partition coefficient (Wildman–Crippen LogP) is 1.57. The number of nitrogens with two attached hydrogens (primary N) is 1. The zero-order chi connectivity index (χ0) is 9.97. The van der Waals surface area contributed by atoms with Crippen molar-refractivity contribution in [2.24, 2.45) is 5.84 Å². The SMILES string of the molecule is C#CC(NN)c1coc2ccccc12. The number of terminal acetylenes is 1. The molecular weight excluding hydrogens is 176 g/mol. The molecule has 70 valence electrons. The zero-order valence-electron chi connectivity index (χ0n) is 7.53. The minimum atomic E-state index is -0.307. The van der Waals surface area contributed by atoms with Gasteiger partial charge in [-0.15, -0.1) is 6.42 Å². The Labute approximate surface area is 81.9 Å². The number of hydrazine groups is 1. The van der Waals surface area contributed by atoms with Crippen molar-refractivity contribution in [2.45, 2.75) is 6.04 Å². The summed E-state index contributed by atoms with van der Waals surface area (Å²) in [5.74, 6) is 7.88. The Kier molecular flexibility index (Phi) is 2.23. The van der Waals surface area contributed by atoms with Gasteiger partial charge in [0, 0.05) is 10.9 Å². The summed E-state index contributed by atoms with van der Waals surface area (Å²) in [4.78, 5) is 0. The van der Waals surface area contributed by atoms with Crippen molar-refractivity contribution in [1.29, 1.82) is 0 Å². The average molecular weight is 186 g/mol. The standard InChI is InChI=1S/C11H10N2O/c1-2-10(13-12)9-7-14-11-6-4-3-5-8(9)11/h1,3-7,10,13H,12H2. The van der Waals surface area contributed by atoms with Crippen LogP contribution < -0.4 is 11.3 Å². The van der Waals surface area contributed by atoms with E-state index in [9.17, 15) is 0 Å². The van der Waals surface area contributed by atoms with E-state index < -0.39 is 0 Å². The molecule has 1 heterocycles. The summed E-state index contributed by atoms with van der Waals surface area (Å²) in [5, 5.41) is 0.994. The van der Waals surface area contributed by atoms with Crippen molar-refractivity contribution in [3.05, 3.63) is 36.1 Å². The summed E-state index contributed by atoms with van der Waals surface area (Å²) < 4.78 is 5.34. The first-order valence-electron chi connectivity index (χ1n) is 4.25. The molecule has 1 aromatic heterocycles. The maximum absolute atomic E-state index is 5.34. The van der Waals surface area contributed by atoms with Crippen LogP contribution in [-0.2, 0) is 0 Å². The molecule has 0 saturated carbocycles. The van der Waals surface area contributed by atoms with Crippen molar-refractivity contribution >= 4 is 11.0 Å². The van der Waals surface area contributed by atoms with E-state index in [-0.39, 0.29) is 6.04 Å². The van der Waals surface area contributed by atoms with Crippen molar-refractivity contribution in [3.8, 4) is 12.3 Å². The minimum absolute atomic E-state index is 0.307. The highest BCUT2D eigenvalue weighted by molar-refractivity contribution is 5.81. The lowest BCUT2D eigenvalue weighted by atomic mass is 10.1. The highest BCUT2D eigenvalue weighted by Crippen LogP contribution is 2.25. The maximum atomic E-state index is 5.34. The molecule has 0 fully saturated rings. The van der Waals surface area contributed by atoms with Crippen LogP contribution in [0, 0.1) is 12.3 Å². The molecule has 0 saturated heterocycles. The Balaban J connectivity index is 2.59. The number of para-hydroxylation sites is 1. The Morgan fingerprint density at radius 3 is 2.93 bits per heavy atom. The van der Waals surface area contributed by atoms with Gasteiger partial charge in [0.25, 0.3) is 0 Å². The number of rotatable bonds is 2. The molecule has 0 radical (unpaired) electrons. The molecule has 3 heteroatoms. The topological polar surface area (TPSA) is 51.2 Å². The lowest BCUT2D eigenvalue weighted by molar-refractivity contribution is 0.595. The molecular formula is C11H10N2O. The molecule has 2 aromatic rings. The Morgan fingerprint density at radius 2 is 2.21 bits per heavy atom. The first kappa shape index (κ1) is 8.82. The fourth-order valence-electron chi connectivity index (χ4n) is 1.45. The summed E-state index contributed by atoms with van der Waals surface area (Å²) in [5.41, 5.74) is 4.26. The smallest absolute Gasteiger partial charge is 0.134 e. The van der Waals surface area contributed by atoms with Gasteiger partial charge in [-0.3, -0.25) is 5.84 Å². The number of furan rings is 1. The molecule has 3 N–H and O–H groups in total.